The van der Waals surface area contributed by atoms with Gasteiger partial charge < -0.3 is 18.9 Å². The standard InChI is InChI=1S/C21H30O4/c1-5-21(6-2)24-19-17(12-15(3)4)23-18(20(19)25-21)14-22-13-16-10-8-7-9-11-16/h7-11,17-20H,3,5-6,12-14H2,1-2,4H3/t17-,18+,19-,20+/m0/s1. The number of fused-ring (bicyclic) bond motifs is 1. The van der Waals surface area contributed by atoms with Crippen molar-refractivity contribution in [2.45, 2.75) is 76.8 Å². The van der Waals surface area contributed by atoms with Gasteiger partial charge in [-0.25, -0.2) is 0 Å². The van der Waals surface area contributed by atoms with Gasteiger partial charge in [0.15, 0.2) is 5.79 Å². The molecule has 25 heavy (non-hydrogen) atoms. The quantitative estimate of drug-likeness (QED) is 0.660. The third-order valence-electron chi connectivity index (χ3n) is 5.13. The number of benzene rings is 1. The minimum absolute atomic E-state index is 0.00667. The fourth-order valence-electron chi connectivity index (χ4n) is 3.70. The fourth-order valence-corrected chi connectivity index (χ4v) is 3.70. The van der Waals surface area contributed by atoms with Gasteiger partial charge in [-0.1, -0.05) is 49.8 Å². The van der Waals surface area contributed by atoms with E-state index in [0.29, 0.717) is 13.2 Å². The van der Waals surface area contributed by atoms with E-state index >= 15 is 0 Å². The van der Waals surface area contributed by atoms with Crippen LogP contribution in [0.25, 0.3) is 0 Å². The SMILES string of the molecule is C=C(C)C[C@@H]1O[C@H](COCc2ccccc2)[C@H]2OC(CC)(CC)O[C@H]21. The maximum Gasteiger partial charge on any atom is 0.169 e. The predicted octanol–water partition coefficient (Wildman–Crippen LogP) is 4.24. The molecular weight excluding hydrogens is 316 g/mol. The first kappa shape index (κ1) is 18.6. The Bertz CT molecular complexity index is 567. The van der Waals surface area contributed by atoms with Gasteiger partial charge in [0.1, 0.15) is 18.3 Å². The molecule has 0 unspecified atom stereocenters. The summed E-state index contributed by atoms with van der Waals surface area (Å²) in [5.74, 6) is -0.482. The lowest BCUT2D eigenvalue weighted by Crippen LogP contribution is -2.35. The first-order chi connectivity index (χ1) is 12.1. The summed E-state index contributed by atoms with van der Waals surface area (Å²) in [6.07, 6.45) is 2.26. The van der Waals surface area contributed by atoms with Crippen LogP contribution in [0.1, 0.15) is 45.6 Å². The smallest absolute Gasteiger partial charge is 0.169 e. The van der Waals surface area contributed by atoms with E-state index in [1.807, 2.05) is 25.1 Å². The van der Waals surface area contributed by atoms with Crippen molar-refractivity contribution in [1.82, 2.24) is 0 Å². The van der Waals surface area contributed by atoms with E-state index in [9.17, 15) is 0 Å². The molecule has 2 fully saturated rings. The molecule has 0 N–H and O–H groups in total. The van der Waals surface area contributed by atoms with Crippen molar-refractivity contribution in [3.63, 3.8) is 0 Å². The van der Waals surface area contributed by atoms with E-state index in [2.05, 4.69) is 32.6 Å². The van der Waals surface area contributed by atoms with E-state index < -0.39 is 5.79 Å². The Morgan fingerprint density at radius 3 is 2.32 bits per heavy atom. The molecule has 0 bridgehead atoms. The highest BCUT2D eigenvalue weighted by Crippen LogP contribution is 2.43. The highest BCUT2D eigenvalue weighted by atomic mass is 16.8. The van der Waals surface area contributed by atoms with Gasteiger partial charge in [0.25, 0.3) is 0 Å². The van der Waals surface area contributed by atoms with Crippen LogP contribution in [0.5, 0.6) is 0 Å². The summed E-state index contributed by atoms with van der Waals surface area (Å²) < 4.78 is 24.8. The van der Waals surface area contributed by atoms with Gasteiger partial charge in [-0.15, -0.1) is 6.58 Å². The van der Waals surface area contributed by atoms with Gasteiger partial charge >= 0.3 is 0 Å². The molecule has 4 heteroatoms. The van der Waals surface area contributed by atoms with Gasteiger partial charge in [0.05, 0.1) is 19.3 Å². The van der Waals surface area contributed by atoms with Crippen LogP contribution in [0.3, 0.4) is 0 Å². The molecule has 2 heterocycles. The van der Waals surface area contributed by atoms with Crippen LogP contribution in [0.4, 0.5) is 0 Å². The minimum Gasteiger partial charge on any atom is -0.374 e. The predicted molar refractivity (Wildman–Crippen MR) is 97.2 cm³/mol. The first-order valence-electron chi connectivity index (χ1n) is 9.34. The van der Waals surface area contributed by atoms with Crippen LogP contribution in [-0.2, 0) is 25.6 Å². The van der Waals surface area contributed by atoms with Crippen LogP contribution >= 0.6 is 0 Å². The second-order valence-electron chi connectivity index (χ2n) is 7.16. The zero-order chi connectivity index (χ0) is 17.9. The van der Waals surface area contributed by atoms with Gasteiger partial charge in [0.2, 0.25) is 0 Å². The molecule has 0 spiro atoms. The Balaban J connectivity index is 1.63. The van der Waals surface area contributed by atoms with Crippen LogP contribution in [0.2, 0.25) is 0 Å². The zero-order valence-electron chi connectivity index (χ0n) is 15.6. The van der Waals surface area contributed by atoms with Crippen LogP contribution in [0.15, 0.2) is 42.5 Å². The molecule has 3 rings (SSSR count). The summed E-state index contributed by atoms with van der Waals surface area (Å²) in [6.45, 7) is 11.4. The molecular formula is C21H30O4. The monoisotopic (exact) mass is 346 g/mol. The first-order valence-corrected chi connectivity index (χ1v) is 9.34. The molecule has 4 atom stereocenters. The lowest BCUT2D eigenvalue weighted by molar-refractivity contribution is -0.216. The highest BCUT2D eigenvalue weighted by Gasteiger charge is 2.56. The molecule has 2 aliphatic rings. The molecule has 0 aliphatic carbocycles. The van der Waals surface area contributed by atoms with Crippen molar-refractivity contribution < 1.29 is 18.9 Å². The van der Waals surface area contributed by atoms with Gasteiger partial charge in [-0.3, -0.25) is 0 Å². The molecule has 1 aromatic rings. The zero-order valence-corrected chi connectivity index (χ0v) is 15.6. The molecule has 2 saturated heterocycles. The molecule has 2 aliphatic heterocycles. The normalized spacial score (nSPS) is 30.4. The van der Waals surface area contributed by atoms with E-state index in [-0.39, 0.29) is 24.4 Å². The van der Waals surface area contributed by atoms with Crippen molar-refractivity contribution in [3.8, 4) is 0 Å². The highest BCUT2D eigenvalue weighted by molar-refractivity contribution is 5.13. The summed E-state index contributed by atoms with van der Waals surface area (Å²) in [5.41, 5.74) is 2.26. The Morgan fingerprint density at radius 2 is 1.72 bits per heavy atom. The van der Waals surface area contributed by atoms with Crippen molar-refractivity contribution in [2.24, 2.45) is 0 Å². The second-order valence-corrected chi connectivity index (χ2v) is 7.16. The van der Waals surface area contributed by atoms with E-state index in [1.54, 1.807) is 0 Å². The van der Waals surface area contributed by atoms with Gasteiger partial charge in [-0.05, 0) is 31.7 Å². The number of rotatable bonds is 8. The van der Waals surface area contributed by atoms with Gasteiger partial charge in [0, 0.05) is 0 Å². The minimum atomic E-state index is -0.482. The van der Waals surface area contributed by atoms with Crippen molar-refractivity contribution in [1.29, 1.82) is 0 Å². The third kappa shape index (κ3) is 4.14. The molecule has 4 nitrogen and oxygen atoms in total. The fraction of sp³-hybridized carbons (Fsp3) is 0.619. The summed E-state index contributed by atoms with van der Waals surface area (Å²) in [5, 5.41) is 0. The molecule has 0 aromatic heterocycles. The molecule has 0 amide bonds. The Hall–Kier alpha value is -1.20. The van der Waals surface area contributed by atoms with Crippen molar-refractivity contribution >= 4 is 0 Å². The average Bonchev–Trinajstić information content (AvgIpc) is 3.13. The summed E-state index contributed by atoms with van der Waals surface area (Å²) in [7, 11) is 0. The number of ether oxygens (including phenoxy) is 4. The van der Waals surface area contributed by atoms with Crippen LogP contribution in [-0.4, -0.2) is 36.8 Å². The Kier molecular flexibility index (Phi) is 5.95. The topological polar surface area (TPSA) is 36.9 Å². The van der Waals surface area contributed by atoms with E-state index in [4.69, 9.17) is 18.9 Å². The maximum absolute atomic E-state index is 6.34. The second kappa shape index (κ2) is 8.00. The van der Waals surface area contributed by atoms with Crippen molar-refractivity contribution in [3.05, 3.63) is 48.0 Å². The Labute approximate surface area is 151 Å². The maximum atomic E-state index is 6.34. The molecule has 1 aromatic carbocycles. The van der Waals surface area contributed by atoms with Crippen LogP contribution in [0, 0.1) is 0 Å². The summed E-state index contributed by atoms with van der Waals surface area (Å²) in [6, 6.07) is 10.2. The van der Waals surface area contributed by atoms with E-state index in [0.717, 1.165) is 30.4 Å². The van der Waals surface area contributed by atoms with Gasteiger partial charge in [-0.2, -0.15) is 0 Å². The largest absolute Gasteiger partial charge is 0.374 e. The third-order valence-corrected chi connectivity index (χ3v) is 5.13. The summed E-state index contributed by atoms with van der Waals surface area (Å²) in [4.78, 5) is 0. The van der Waals surface area contributed by atoms with E-state index in [1.165, 1.54) is 0 Å². The van der Waals surface area contributed by atoms with Crippen LogP contribution < -0.4 is 0 Å². The summed E-state index contributed by atoms with van der Waals surface area (Å²) >= 11 is 0. The molecule has 0 radical (unpaired) electrons. The number of hydrogen-bond acceptors (Lipinski definition) is 4. The Morgan fingerprint density at radius 1 is 1.08 bits per heavy atom. The van der Waals surface area contributed by atoms with Crippen molar-refractivity contribution in [2.75, 3.05) is 6.61 Å². The lowest BCUT2D eigenvalue weighted by atomic mass is 10.0. The average molecular weight is 346 g/mol. The molecule has 138 valence electrons. The lowest BCUT2D eigenvalue weighted by Gasteiger charge is -2.29. The number of hydrogen-bond donors (Lipinski definition) is 0. The molecule has 0 saturated carbocycles.